The molecule has 3 rings (SSSR count). The van der Waals surface area contributed by atoms with Crippen molar-refractivity contribution in [3.63, 3.8) is 0 Å². The maximum Gasteiger partial charge on any atom is 0.231 e. The molecule has 21 heavy (non-hydrogen) atoms. The summed E-state index contributed by atoms with van der Waals surface area (Å²) in [4.78, 5) is 14.9. The molecule has 0 spiro atoms. The van der Waals surface area contributed by atoms with E-state index in [0.29, 0.717) is 18.4 Å². The second-order valence-corrected chi connectivity index (χ2v) is 6.15. The number of hydrogen-bond acceptors (Lipinski definition) is 7. The monoisotopic (exact) mass is 292 g/mol. The van der Waals surface area contributed by atoms with Gasteiger partial charge in [0.15, 0.2) is 0 Å². The molecule has 0 radical (unpaired) electrons. The van der Waals surface area contributed by atoms with Crippen LogP contribution in [0.1, 0.15) is 44.9 Å². The largest absolute Gasteiger partial charge is 0.388 e. The first-order valence-electron chi connectivity index (χ1n) is 7.87. The van der Waals surface area contributed by atoms with Gasteiger partial charge in [0.2, 0.25) is 17.8 Å². The Bertz CT molecular complexity index is 482. The molecule has 2 heterocycles. The van der Waals surface area contributed by atoms with E-state index < -0.39 is 5.60 Å². The first-order chi connectivity index (χ1) is 10.1. The van der Waals surface area contributed by atoms with Gasteiger partial charge < -0.3 is 21.1 Å². The molecule has 0 amide bonds. The summed E-state index contributed by atoms with van der Waals surface area (Å²) in [6.45, 7) is 2.40. The van der Waals surface area contributed by atoms with Crippen LogP contribution >= 0.6 is 0 Å². The Balaban J connectivity index is 1.67. The van der Waals surface area contributed by atoms with Crippen LogP contribution in [0.25, 0.3) is 0 Å². The topological polar surface area (TPSA) is 100 Å². The van der Waals surface area contributed by atoms with E-state index in [1.54, 1.807) is 0 Å². The number of rotatable bonds is 4. The highest BCUT2D eigenvalue weighted by molar-refractivity contribution is 5.42. The fraction of sp³-hybridized carbons (Fsp3) is 0.786. The lowest BCUT2D eigenvalue weighted by Gasteiger charge is -2.32. The third kappa shape index (κ3) is 3.53. The predicted molar refractivity (Wildman–Crippen MR) is 82.2 cm³/mol. The van der Waals surface area contributed by atoms with Crippen molar-refractivity contribution in [3.8, 4) is 0 Å². The number of aliphatic hydroxyl groups is 1. The molecule has 2 aliphatic rings. The van der Waals surface area contributed by atoms with Gasteiger partial charge in [0.05, 0.1) is 5.60 Å². The molecule has 4 N–H and O–H groups in total. The first kappa shape index (κ1) is 14.3. The lowest BCUT2D eigenvalue weighted by molar-refractivity contribution is 0.0166. The average Bonchev–Trinajstić information content (AvgIpc) is 3.00. The number of aromatic nitrogens is 3. The molecular weight excluding hydrogens is 268 g/mol. The third-order valence-electron chi connectivity index (χ3n) is 4.39. The Kier molecular flexibility index (Phi) is 4.10. The molecule has 2 fully saturated rings. The average molecular weight is 292 g/mol. The summed E-state index contributed by atoms with van der Waals surface area (Å²) in [5, 5.41) is 13.6. The van der Waals surface area contributed by atoms with Gasteiger partial charge in [-0.25, -0.2) is 0 Å². The van der Waals surface area contributed by atoms with Crippen LogP contribution in [0.4, 0.5) is 17.8 Å². The molecule has 7 heteroatoms. The summed E-state index contributed by atoms with van der Waals surface area (Å²) >= 11 is 0. The van der Waals surface area contributed by atoms with Gasteiger partial charge in [-0.1, -0.05) is 19.3 Å². The Hall–Kier alpha value is -1.63. The first-order valence-corrected chi connectivity index (χ1v) is 7.87. The van der Waals surface area contributed by atoms with Gasteiger partial charge >= 0.3 is 0 Å². The molecule has 1 aromatic heterocycles. The molecule has 0 bridgehead atoms. The molecule has 0 aromatic carbocycles. The second-order valence-electron chi connectivity index (χ2n) is 6.15. The number of nitrogen functional groups attached to an aromatic ring is 1. The van der Waals surface area contributed by atoms with E-state index in [1.165, 1.54) is 6.42 Å². The number of anilines is 3. The van der Waals surface area contributed by atoms with Crippen molar-refractivity contribution in [1.82, 2.24) is 15.0 Å². The lowest BCUT2D eigenvalue weighted by Crippen LogP contribution is -2.39. The van der Waals surface area contributed by atoms with Crippen molar-refractivity contribution in [1.29, 1.82) is 0 Å². The quantitative estimate of drug-likeness (QED) is 0.765. The number of nitrogens with one attached hydrogen (secondary N) is 1. The molecule has 1 saturated heterocycles. The molecule has 0 atom stereocenters. The number of nitrogens with two attached hydrogens (primary N) is 1. The molecule has 116 valence electrons. The maximum absolute atomic E-state index is 10.5. The lowest BCUT2D eigenvalue weighted by atomic mass is 9.85. The van der Waals surface area contributed by atoms with Crippen molar-refractivity contribution < 1.29 is 5.11 Å². The second kappa shape index (κ2) is 6.01. The van der Waals surface area contributed by atoms with E-state index in [9.17, 15) is 5.11 Å². The zero-order valence-corrected chi connectivity index (χ0v) is 12.4. The van der Waals surface area contributed by atoms with Gasteiger partial charge in [-0.3, -0.25) is 0 Å². The van der Waals surface area contributed by atoms with Gasteiger partial charge in [-0.2, -0.15) is 15.0 Å². The minimum Gasteiger partial charge on any atom is -0.388 e. The zero-order chi connectivity index (χ0) is 14.7. The predicted octanol–water partition coefficient (Wildman–Crippen LogP) is 1.16. The Morgan fingerprint density at radius 2 is 1.76 bits per heavy atom. The van der Waals surface area contributed by atoms with Gasteiger partial charge in [0, 0.05) is 19.6 Å². The van der Waals surface area contributed by atoms with Crippen LogP contribution in [0.15, 0.2) is 0 Å². The maximum atomic E-state index is 10.5. The van der Waals surface area contributed by atoms with Crippen molar-refractivity contribution in [2.45, 2.75) is 50.5 Å². The van der Waals surface area contributed by atoms with E-state index >= 15 is 0 Å². The van der Waals surface area contributed by atoms with Crippen molar-refractivity contribution in [2.24, 2.45) is 0 Å². The van der Waals surface area contributed by atoms with E-state index in [0.717, 1.165) is 51.6 Å². The van der Waals surface area contributed by atoms with Crippen molar-refractivity contribution in [2.75, 3.05) is 35.6 Å². The van der Waals surface area contributed by atoms with Crippen LogP contribution in [0.3, 0.4) is 0 Å². The SMILES string of the molecule is Nc1nc(NCC2(O)CCCCC2)nc(N2CCCC2)n1. The van der Waals surface area contributed by atoms with Crippen LogP contribution in [-0.4, -0.2) is 45.3 Å². The van der Waals surface area contributed by atoms with Crippen LogP contribution < -0.4 is 16.0 Å². The summed E-state index contributed by atoms with van der Waals surface area (Å²) in [5.74, 6) is 1.33. The Morgan fingerprint density at radius 3 is 2.48 bits per heavy atom. The van der Waals surface area contributed by atoms with Crippen LogP contribution in [0.5, 0.6) is 0 Å². The highest BCUT2D eigenvalue weighted by Gasteiger charge is 2.29. The summed E-state index contributed by atoms with van der Waals surface area (Å²) in [7, 11) is 0. The smallest absolute Gasteiger partial charge is 0.231 e. The summed E-state index contributed by atoms with van der Waals surface area (Å²) in [5.41, 5.74) is 5.13. The van der Waals surface area contributed by atoms with Gasteiger partial charge in [0.25, 0.3) is 0 Å². The summed E-state index contributed by atoms with van der Waals surface area (Å²) in [6, 6.07) is 0. The fourth-order valence-electron chi connectivity index (χ4n) is 3.15. The summed E-state index contributed by atoms with van der Waals surface area (Å²) in [6.07, 6.45) is 7.36. The van der Waals surface area contributed by atoms with Gasteiger partial charge in [-0.05, 0) is 25.7 Å². The van der Waals surface area contributed by atoms with Gasteiger partial charge in [0.1, 0.15) is 0 Å². The minimum absolute atomic E-state index is 0.227. The summed E-state index contributed by atoms with van der Waals surface area (Å²) < 4.78 is 0. The normalized spacial score (nSPS) is 21.5. The third-order valence-corrected chi connectivity index (χ3v) is 4.39. The Labute approximate surface area is 125 Å². The van der Waals surface area contributed by atoms with E-state index in [1.807, 2.05) is 0 Å². The van der Waals surface area contributed by atoms with Crippen molar-refractivity contribution >= 4 is 17.8 Å². The van der Waals surface area contributed by atoms with Crippen LogP contribution in [-0.2, 0) is 0 Å². The molecule has 1 saturated carbocycles. The Morgan fingerprint density at radius 1 is 1.05 bits per heavy atom. The minimum atomic E-state index is -0.645. The molecule has 1 aliphatic heterocycles. The standard InChI is InChI=1S/C14H24N6O/c15-11-17-12(16-10-14(21)6-2-1-3-7-14)19-13(18-11)20-8-4-5-9-20/h21H,1-10H2,(H3,15,16,17,18,19). The fourth-order valence-corrected chi connectivity index (χ4v) is 3.15. The van der Waals surface area contributed by atoms with Crippen LogP contribution in [0, 0.1) is 0 Å². The molecule has 1 aliphatic carbocycles. The molecule has 1 aromatic rings. The van der Waals surface area contributed by atoms with Gasteiger partial charge in [-0.15, -0.1) is 0 Å². The zero-order valence-electron chi connectivity index (χ0n) is 12.4. The van der Waals surface area contributed by atoms with E-state index in [2.05, 4.69) is 25.2 Å². The van der Waals surface area contributed by atoms with E-state index in [4.69, 9.17) is 5.73 Å². The molecule has 7 nitrogen and oxygen atoms in total. The highest BCUT2D eigenvalue weighted by atomic mass is 16.3. The van der Waals surface area contributed by atoms with E-state index in [-0.39, 0.29) is 5.95 Å². The van der Waals surface area contributed by atoms with Crippen molar-refractivity contribution in [3.05, 3.63) is 0 Å². The number of nitrogens with zero attached hydrogens (tertiary/aromatic N) is 4. The van der Waals surface area contributed by atoms with Crippen LogP contribution in [0.2, 0.25) is 0 Å². The number of hydrogen-bond donors (Lipinski definition) is 3. The molecule has 0 unspecified atom stereocenters. The molecular formula is C14H24N6O. The highest BCUT2D eigenvalue weighted by Crippen LogP contribution is 2.28.